The summed E-state index contributed by atoms with van der Waals surface area (Å²) in [4.78, 5) is 17.4. The van der Waals surface area contributed by atoms with Crippen LogP contribution in [-0.4, -0.2) is 28.6 Å². The Labute approximate surface area is 131 Å². The van der Waals surface area contributed by atoms with Gasteiger partial charge in [0.15, 0.2) is 4.96 Å². The molecular formula is C15H14N4O2S. The lowest BCUT2D eigenvalue weighted by atomic mass is 10.2. The van der Waals surface area contributed by atoms with Gasteiger partial charge in [0.1, 0.15) is 11.4 Å². The van der Waals surface area contributed by atoms with Gasteiger partial charge in [-0.05, 0) is 36.8 Å². The minimum absolute atomic E-state index is 0.284. The number of nitrogens with zero attached hydrogens (tertiary/aromatic N) is 3. The van der Waals surface area contributed by atoms with Crippen LogP contribution in [0.3, 0.4) is 0 Å². The smallest absolute Gasteiger partial charge is 0.290 e. The molecule has 0 bridgehead atoms. The molecule has 0 atom stereocenters. The molecule has 0 spiro atoms. The number of imidazole rings is 1. The van der Waals surface area contributed by atoms with Crippen molar-refractivity contribution in [3.05, 3.63) is 52.8 Å². The molecule has 1 aromatic carbocycles. The van der Waals surface area contributed by atoms with E-state index in [0.29, 0.717) is 11.4 Å². The standard InChI is InChI=1S/C15H14N4O2S/c1-10-13(19-7-8-22-15(19)17-10)14(20)18-16-9-11-3-5-12(21-2)6-4-11/h3-9H,1-2H3,(H,18,20). The fourth-order valence-electron chi connectivity index (χ4n) is 2.08. The third-order valence-corrected chi connectivity index (χ3v) is 3.90. The second-order valence-electron chi connectivity index (χ2n) is 4.57. The first-order valence-corrected chi connectivity index (χ1v) is 7.46. The number of nitrogens with one attached hydrogen (secondary N) is 1. The van der Waals surface area contributed by atoms with Crippen molar-refractivity contribution in [2.24, 2.45) is 5.10 Å². The zero-order valence-electron chi connectivity index (χ0n) is 12.1. The average Bonchev–Trinajstić information content (AvgIpc) is 3.07. The van der Waals surface area contributed by atoms with E-state index in [0.717, 1.165) is 16.3 Å². The minimum atomic E-state index is -0.284. The number of aromatic nitrogens is 2. The Kier molecular flexibility index (Phi) is 3.88. The molecule has 2 aromatic heterocycles. The normalized spacial score (nSPS) is 11.2. The Morgan fingerprint density at radius 2 is 2.18 bits per heavy atom. The molecule has 0 aliphatic carbocycles. The van der Waals surface area contributed by atoms with E-state index in [1.54, 1.807) is 17.7 Å². The Balaban J connectivity index is 1.72. The number of benzene rings is 1. The van der Waals surface area contributed by atoms with Crippen LogP contribution < -0.4 is 10.2 Å². The highest BCUT2D eigenvalue weighted by Gasteiger charge is 2.16. The quantitative estimate of drug-likeness (QED) is 0.594. The van der Waals surface area contributed by atoms with E-state index in [4.69, 9.17) is 4.74 Å². The van der Waals surface area contributed by atoms with Gasteiger partial charge in [-0.15, -0.1) is 11.3 Å². The van der Waals surface area contributed by atoms with E-state index in [1.807, 2.05) is 42.8 Å². The van der Waals surface area contributed by atoms with Gasteiger partial charge >= 0.3 is 0 Å². The molecule has 0 radical (unpaired) electrons. The molecule has 6 nitrogen and oxygen atoms in total. The molecule has 0 saturated heterocycles. The number of hydrazone groups is 1. The molecule has 0 aliphatic rings. The maximum absolute atomic E-state index is 12.2. The van der Waals surface area contributed by atoms with Crippen LogP contribution in [-0.2, 0) is 0 Å². The SMILES string of the molecule is COc1ccc(C=NNC(=O)c2c(C)nc3sccn23)cc1. The summed E-state index contributed by atoms with van der Waals surface area (Å²) in [6.45, 7) is 1.81. The van der Waals surface area contributed by atoms with E-state index >= 15 is 0 Å². The van der Waals surface area contributed by atoms with Crippen LogP contribution in [0, 0.1) is 6.92 Å². The molecule has 3 rings (SSSR count). The number of hydrogen-bond donors (Lipinski definition) is 1. The lowest BCUT2D eigenvalue weighted by Gasteiger charge is -2.00. The Bertz CT molecular complexity index is 833. The molecule has 22 heavy (non-hydrogen) atoms. The second kappa shape index (κ2) is 5.98. The van der Waals surface area contributed by atoms with Gasteiger partial charge in [-0.3, -0.25) is 9.20 Å². The summed E-state index contributed by atoms with van der Waals surface area (Å²) in [7, 11) is 1.61. The van der Waals surface area contributed by atoms with E-state index in [2.05, 4.69) is 15.5 Å². The topological polar surface area (TPSA) is 68.0 Å². The molecule has 112 valence electrons. The van der Waals surface area contributed by atoms with Crippen LogP contribution in [0.1, 0.15) is 21.7 Å². The van der Waals surface area contributed by atoms with Gasteiger partial charge in [0.05, 0.1) is 19.0 Å². The molecule has 0 saturated carbocycles. The van der Waals surface area contributed by atoms with E-state index in [1.165, 1.54) is 11.3 Å². The number of hydrogen-bond acceptors (Lipinski definition) is 5. The predicted molar refractivity (Wildman–Crippen MR) is 85.9 cm³/mol. The highest BCUT2D eigenvalue weighted by atomic mass is 32.1. The number of methoxy groups -OCH3 is 1. The van der Waals surface area contributed by atoms with Crippen LogP contribution in [0.15, 0.2) is 40.9 Å². The summed E-state index contributed by atoms with van der Waals surface area (Å²) in [5.41, 5.74) is 4.58. The van der Waals surface area contributed by atoms with E-state index in [-0.39, 0.29) is 5.91 Å². The van der Waals surface area contributed by atoms with Crippen LogP contribution in [0.5, 0.6) is 5.75 Å². The van der Waals surface area contributed by atoms with Gasteiger partial charge in [0, 0.05) is 11.6 Å². The molecule has 1 N–H and O–H groups in total. The van der Waals surface area contributed by atoms with Crippen molar-refractivity contribution in [2.75, 3.05) is 7.11 Å². The monoisotopic (exact) mass is 314 g/mol. The van der Waals surface area contributed by atoms with Gasteiger partial charge in [-0.2, -0.15) is 5.10 Å². The zero-order valence-corrected chi connectivity index (χ0v) is 12.9. The number of carbonyl (C=O) groups is 1. The Morgan fingerprint density at radius 3 is 2.91 bits per heavy atom. The number of thiazole rings is 1. The summed E-state index contributed by atoms with van der Waals surface area (Å²) in [6.07, 6.45) is 3.40. The van der Waals surface area contributed by atoms with Crippen LogP contribution >= 0.6 is 11.3 Å². The zero-order chi connectivity index (χ0) is 15.5. The van der Waals surface area contributed by atoms with Gasteiger partial charge in [0.2, 0.25) is 0 Å². The van der Waals surface area contributed by atoms with Gasteiger partial charge < -0.3 is 4.74 Å². The molecule has 0 aliphatic heterocycles. The predicted octanol–water partition coefficient (Wildman–Crippen LogP) is 2.48. The molecule has 2 heterocycles. The van der Waals surface area contributed by atoms with Crippen molar-refractivity contribution >= 4 is 28.4 Å². The number of aryl methyl sites for hydroxylation is 1. The maximum Gasteiger partial charge on any atom is 0.290 e. The van der Waals surface area contributed by atoms with Gasteiger partial charge in [-0.25, -0.2) is 10.4 Å². The summed E-state index contributed by atoms with van der Waals surface area (Å²) in [5, 5.41) is 5.87. The third-order valence-electron chi connectivity index (χ3n) is 3.15. The molecular weight excluding hydrogens is 300 g/mol. The average molecular weight is 314 g/mol. The lowest BCUT2D eigenvalue weighted by molar-refractivity contribution is 0.0948. The number of carbonyl (C=O) groups excluding carboxylic acids is 1. The second-order valence-corrected chi connectivity index (χ2v) is 5.45. The number of amides is 1. The highest BCUT2D eigenvalue weighted by Crippen LogP contribution is 2.16. The number of rotatable bonds is 4. The molecule has 0 fully saturated rings. The van der Waals surface area contributed by atoms with Crippen molar-refractivity contribution in [1.29, 1.82) is 0 Å². The first-order valence-electron chi connectivity index (χ1n) is 6.58. The number of ether oxygens (including phenoxy) is 1. The van der Waals surface area contributed by atoms with Crippen molar-refractivity contribution in [3.63, 3.8) is 0 Å². The van der Waals surface area contributed by atoms with Crippen molar-refractivity contribution in [2.45, 2.75) is 6.92 Å². The molecule has 3 aromatic rings. The van der Waals surface area contributed by atoms with Gasteiger partial charge in [0.25, 0.3) is 5.91 Å². The van der Waals surface area contributed by atoms with Crippen LogP contribution in [0.4, 0.5) is 0 Å². The Morgan fingerprint density at radius 1 is 1.41 bits per heavy atom. The van der Waals surface area contributed by atoms with Crippen LogP contribution in [0.25, 0.3) is 4.96 Å². The summed E-state index contributed by atoms with van der Waals surface area (Å²) < 4.78 is 6.85. The fraction of sp³-hybridized carbons (Fsp3) is 0.133. The maximum atomic E-state index is 12.2. The first kappa shape index (κ1) is 14.3. The Hall–Kier alpha value is -2.67. The largest absolute Gasteiger partial charge is 0.497 e. The molecule has 7 heteroatoms. The number of fused-ring (bicyclic) bond motifs is 1. The lowest BCUT2D eigenvalue weighted by Crippen LogP contribution is -2.20. The summed E-state index contributed by atoms with van der Waals surface area (Å²) in [6, 6.07) is 7.38. The van der Waals surface area contributed by atoms with Crippen molar-refractivity contribution in [1.82, 2.24) is 14.8 Å². The van der Waals surface area contributed by atoms with E-state index < -0.39 is 0 Å². The highest BCUT2D eigenvalue weighted by molar-refractivity contribution is 7.15. The minimum Gasteiger partial charge on any atom is -0.497 e. The first-order chi connectivity index (χ1) is 10.7. The van der Waals surface area contributed by atoms with Crippen LogP contribution in [0.2, 0.25) is 0 Å². The summed E-state index contributed by atoms with van der Waals surface area (Å²) in [5.74, 6) is 0.490. The summed E-state index contributed by atoms with van der Waals surface area (Å²) >= 11 is 1.49. The van der Waals surface area contributed by atoms with Crippen molar-refractivity contribution < 1.29 is 9.53 Å². The van der Waals surface area contributed by atoms with Crippen molar-refractivity contribution in [3.8, 4) is 5.75 Å². The van der Waals surface area contributed by atoms with Gasteiger partial charge in [-0.1, -0.05) is 0 Å². The molecule has 1 amide bonds. The molecule has 0 unspecified atom stereocenters. The third kappa shape index (κ3) is 2.71. The fourth-order valence-corrected chi connectivity index (χ4v) is 2.84. The van der Waals surface area contributed by atoms with E-state index in [9.17, 15) is 4.79 Å².